The zero-order valence-electron chi connectivity index (χ0n) is 12.7. The molecular weight excluding hydrogens is 270 g/mol. The minimum absolute atomic E-state index is 0.0142. The molecule has 4 nitrogen and oxygen atoms in total. The van der Waals surface area contributed by atoms with E-state index >= 15 is 0 Å². The van der Waals surface area contributed by atoms with Crippen molar-refractivity contribution in [1.29, 1.82) is 0 Å². The van der Waals surface area contributed by atoms with E-state index in [9.17, 15) is 4.79 Å². The summed E-state index contributed by atoms with van der Waals surface area (Å²) in [6.45, 7) is 11.7. The van der Waals surface area contributed by atoms with Crippen LogP contribution in [-0.4, -0.2) is 27.4 Å². The molecule has 0 unspecified atom stereocenters. The van der Waals surface area contributed by atoms with E-state index < -0.39 is 0 Å². The van der Waals surface area contributed by atoms with Gasteiger partial charge in [0.25, 0.3) is 5.56 Å². The van der Waals surface area contributed by atoms with E-state index in [2.05, 4.69) is 37.6 Å². The maximum atomic E-state index is 12.0. The van der Waals surface area contributed by atoms with E-state index in [1.54, 1.807) is 16.7 Å². The summed E-state index contributed by atoms with van der Waals surface area (Å²) in [5, 5.41) is 1.90. The van der Waals surface area contributed by atoms with Crippen LogP contribution in [0.2, 0.25) is 0 Å². The average Bonchev–Trinajstić information content (AvgIpc) is 2.75. The van der Waals surface area contributed by atoms with Crippen molar-refractivity contribution in [3.05, 3.63) is 33.7 Å². The molecule has 2 aromatic heterocycles. The molecule has 2 aromatic rings. The third kappa shape index (κ3) is 3.90. The van der Waals surface area contributed by atoms with Gasteiger partial charge in [-0.15, -0.1) is 11.3 Å². The van der Waals surface area contributed by atoms with Crippen LogP contribution in [0.3, 0.4) is 0 Å². The standard InChI is InChI=1S/C15H23N3OS/c1-11(2)8-17(9-12(3)4)10-13-7-14(19)18-5-6-20-15(18)16-13/h5-7,11-12H,8-10H2,1-4H3. The molecular formula is C15H23N3OS. The van der Waals surface area contributed by atoms with Gasteiger partial charge in [-0.3, -0.25) is 14.1 Å². The minimum atomic E-state index is 0.0142. The fraction of sp³-hybridized carbons (Fsp3) is 0.600. The van der Waals surface area contributed by atoms with Crippen LogP contribution < -0.4 is 5.56 Å². The van der Waals surface area contributed by atoms with Crippen molar-refractivity contribution in [2.24, 2.45) is 11.8 Å². The molecule has 0 radical (unpaired) electrons. The third-order valence-corrected chi connectivity index (χ3v) is 3.75. The Kier molecular flexibility index (Phi) is 4.94. The summed E-state index contributed by atoms with van der Waals surface area (Å²) in [6, 6.07) is 1.66. The van der Waals surface area contributed by atoms with E-state index in [4.69, 9.17) is 0 Å². The third-order valence-electron chi connectivity index (χ3n) is 2.99. The van der Waals surface area contributed by atoms with Crippen molar-refractivity contribution in [3.8, 4) is 0 Å². The molecule has 2 heterocycles. The highest BCUT2D eigenvalue weighted by Gasteiger charge is 2.12. The van der Waals surface area contributed by atoms with E-state index in [0.29, 0.717) is 11.8 Å². The molecule has 0 N–H and O–H groups in total. The van der Waals surface area contributed by atoms with E-state index in [0.717, 1.165) is 30.3 Å². The van der Waals surface area contributed by atoms with E-state index in [1.165, 1.54) is 11.3 Å². The lowest BCUT2D eigenvalue weighted by atomic mass is 10.1. The Bertz CT molecular complexity index is 605. The number of fused-ring (bicyclic) bond motifs is 1. The molecule has 0 saturated carbocycles. The molecule has 0 spiro atoms. The van der Waals surface area contributed by atoms with Crippen molar-refractivity contribution < 1.29 is 0 Å². The van der Waals surface area contributed by atoms with E-state index in [1.807, 2.05) is 5.38 Å². The van der Waals surface area contributed by atoms with Crippen LogP contribution in [0.1, 0.15) is 33.4 Å². The summed E-state index contributed by atoms with van der Waals surface area (Å²) in [4.78, 5) is 19.8. The summed E-state index contributed by atoms with van der Waals surface area (Å²) >= 11 is 1.50. The molecule has 5 heteroatoms. The van der Waals surface area contributed by atoms with Gasteiger partial charge in [0, 0.05) is 37.3 Å². The normalized spacial score (nSPS) is 12.2. The van der Waals surface area contributed by atoms with Gasteiger partial charge in [0.15, 0.2) is 4.96 Å². The second-order valence-corrected chi connectivity index (χ2v) is 7.00. The Morgan fingerprint density at radius 2 is 1.90 bits per heavy atom. The first-order valence-electron chi connectivity index (χ1n) is 7.14. The predicted octanol–water partition coefficient (Wildman–Crippen LogP) is 2.87. The summed E-state index contributed by atoms with van der Waals surface area (Å²) in [5.74, 6) is 1.22. The Balaban J connectivity index is 2.20. The van der Waals surface area contributed by atoms with Crippen molar-refractivity contribution in [3.63, 3.8) is 0 Å². The lowest BCUT2D eigenvalue weighted by Crippen LogP contribution is -2.31. The molecule has 0 aromatic carbocycles. The second kappa shape index (κ2) is 6.50. The average molecular weight is 293 g/mol. The highest BCUT2D eigenvalue weighted by Crippen LogP contribution is 2.11. The van der Waals surface area contributed by atoms with Crippen molar-refractivity contribution >= 4 is 16.3 Å². The lowest BCUT2D eigenvalue weighted by Gasteiger charge is -2.25. The Morgan fingerprint density at radius 1 is 1.25 bits per heavy atom. The molecule has 0 saturated heterocycles. The van der Waals surface area contributed by atoms with Crippen LogP contribution in [0.25, 0.3) is 4.96 Å². The smallest absolute Gasteiger partial charge is 0.258 e. The monoisotopic (exact) mass is 293 g/mol. The first-order valence-corrected chi connectivity index (χ1v) is 8.02. The number of hydrogen-bond acceptors (Lipinski definition) is 4. The number of thiazole rings is 1. The Hall–Kier alpha value is -1.20. The number of aromatic nitrogens is 2. The van der Waals surface area contributed by atoms with Gasteiger partial charge in [0.1, 0.15) is 0 Å². The molecule has 0 aliphatic heterocycles. The Labute approximate surface area is 124 Å². The summed E-state index contributed by atoms with van der Waals surface area (Å²) in [5.41, 5.74) is 0.888. The largest absolute Gasteiger partial charge is 0.297 e. The van der Waals surface area contributed by atoms with Gasteiger partial charge in [-0.25, -0.2) is 4.98 Å². The van der Waals surface area contributed by atoms with Crippen LogP contribution in [0.4, 0.5) is 0 Å². The minimum Gasteiger partial charge on any atom is -0.297 e. The van der Waals surface area contributed by atoms with Gasteiger partial charge >= 0.3 is 0 Å². The first kappa shape index (κ1) is 15.2. The fourth-order valence-corrected chi connectivity index (χ4v) is 3.17. The van der Waals surface area contributed by atoms with Gasteiger partial charge in [-0.1, -0.05) is 27.7 Å². The molecule has 0 bridgehead atoms. The van der Waals surface area contributed by atoms with Crippen LogP contribution in [0.5, 0.6) is 0 Å². The number of hydrogen-bond donors (Lipinski definition) is 0. The van der Waals surface area contributed by atoms with Gasteiger partial charge in [0.05, 0.1) is 5.69 Å². The van der Waals surface area contributed by atoms with E-state index in [-0.39, 0.29) is 5.56 Å². The van der Waals surface area contributed by atoms with Crippen LogP contribution in [0, 0.1) is 11.8 Å². The van der Waals surface area contributed by atoms with Crippen molar-refractivity contribution in [2.45, 2.75) is 34.2 Å². The van der Waals surface area contributed by atoms with Gasteiger partial charge in [-0.05, 0) is 11.8 Å². The van der Waals surface area contributed by atoms with Crippen LogP contribution >= 0.6 is 11.3 Å². The zero-order chi connectivity index (χ0) is 14.7. The maximum absolute atomic E-state index is 12.0. The molecule has 0 aliphatic rings. The summed E-state index contributed by atoms with van der Waals surface area (Å²) in [6.07, 6.45) is 1.78. The van der Waals surface area contributed by atoms with Gasteiger partial charge in [0.2, 0.25) is 0 Å². The Morgan fingerprint density at radius 3 is 2.50 bits per heavy atom. The lowest BCUT2D eigenvalue weighted by molar-refractivity contribution is 0.209. The highest BCUT2D eigenvalue weighted by molar-refractivity contribution is 7.15. The molecule has 0 atom stereocenters. The molecule has 0 fully saturated rings. The van der Waals surface area contributed by atoms with Crippen LogP contribution in [-0.2, 0) is 6.54 Å². The topological polar surface area (TPSA) is 37.6 Å². The molecule has 20 heavy (non-hydrogen) atoms. The quantitative estimate of drug-likeness (QED) is 0.822. The van der Waals surface area contributed by atoms with Gasteiger partial charge < -0.3 is 0 Å². The molecule has 2 rings (SSSR count). The molecule has 110 valence electrons. The number of nitrogens with zero attached hydrogens (tertiary/aromatic N) is 3. The molecule has 0 amide bonds. The maximum Gasteiger partial charge on any atom is 0.258 e. The van der Waals surface area contributed by atoms with Crippen molar-refractivity contribution in [1.82, 2.24) is 14.3 Å². The van der Waals surface area contributed by atoms with Crippen LogP contribution in [0.15, 0.2) is 22.4 Å². The first-order chi connectivity index (χ1) is 9.45. The number of rotatable bonds is 6. The zero-order valence-corrected chi connectivity index (χ0v) is 13.5. The molecule has 0 aliphatic carbocycles. The van der Waals surface area contributed by atoms with Gasteiger partial charge in [-0.2, -0.15) is 0 Å². The summed E-state index contributed by atoms with van der Waals surface area (Å²) in [7, 11) is 0. The highest BCUT2D eigenvalue weighted by atomic mass is 32.1. The summed E-state index contributed by atoms with van der Waals surface area (Å²) < 4.78 is 1.60. The second-order valence-electron chi connectivity index (χ2n) is 6.12. The fourth-order valence-electron chi connectivity index (χ4n) is 2.43. The predicted molar refractivity (Wildman–Crippen MR) is 84.3 cm³/mol. The SMILES string of the molecule is CC(C)CN(Cc1cc(=O)n2ccsc2n1)CC(C)C. The van der Waals surface area contributed by atoms with Crippen molar-refractivity contribution in [2.75, 3.05) is 13.1 Å².